The van der Waals surface area contributed by atoms with E-state index in [2.05, 4.69) is 0 Å². The van der Waals surface area contributed by atoms with Crippen LogP contribution in [0.15, 0.2) is 29.2 Å². The Morgan fingerprint density at radius 1 is 1.19 bits per heavy atom. The molecule has 1 heterocycles. The second kappa shape index (κ2) is 6.44. The first kappa shape index (κ1) is 16.4. The van der Waals surface area contributed by atoms with Gasteiger partial charge in [-0.15, -0.1) is 0 Å². The van der Waals surface area contributed by atoms with E-state index in [0.717, 1.165) is 5.56 Å². The lowest BCUT2D eigenvalue weighted by atomic mass is 10.1. The van der Waals surface area contributed by atoms with Crippen LogP contribution in [0.3, 0.4) is 0 Å². The molecule has 1 aliphatic rings. The van der Waals surface area contributed by atoms with Crippen molar-refractivity contribution in [2.45, 2.75) is 37.9 Å². The Hall–Kier alpha value is -0.950. The van der Waals surface area contributed by atoms with E-state index in [0.29, 0.717) is 19.6 Å². The molecular formula is C15H22O5S. The van der Waals surface area contributed by atoms with E-state index >= 15 is 0 Å². The first-order valence-electron chi connectivity index (χ1n) is 7.02. The monoisotopic (exact) mass is 314 g/mol. The van der Waals surface area contributed by atoms with Crippen LogP contribution in [0.2, 0.25) is 0 Å². The molecule has 0 atom stereocenters. The Bertz CT molecular complexity index is 552. The minimum Gasteiger partial charge on any atom is -0.350 e. The van der Waals surface area contributed by atoms with Gasteiger partial charge < -0.3 is 9.47 Å². The summed E-state index contributed by atoms with van der Waals surface area (Å²) in [7, 11) is -3.68. The fourth-order valence-corrected chi connectivity index (χ4v) is 2.91. The van der Waals surface area contributed by atoms with Crippen molar-refractivity contribution in [3.05, 3.63) is 29.8 Å². The van der Waals surface area contributed by atoms with Crippen LogP contribution in [0.1, 0.15) is 25.8 Å². The van der Waals surface area contributed by atoms with Gasteiger partial charge in [-0.05, 0) is 39.3 Å². The zero-order valence-electron chi connectivity index (χ0n) is 12.7. The molecule has 1 aromatic carbocycles. The number of aryl methyl sites for hydroxylation is 1. The van der Waals surface area contributed by atoms with Crippen LogP contribution in [0.4, 0.5) is 0 Å². The SMILES string of the molecule is Cc1ccc(S(=O)(=O)OCCC2COC(C)(C)OC2)cc1. The van der Waals surface area contributed by atoms with E-state index in [1.54, 1.807) is 24.3 Å². The zero-order chi connectivity index (χ0) is 15.5. The molecule has 0 radical (unpaired) electrons. The molecule has 1 aliphatic heterocycles. The molecule has 0 aromatic heterocycles. The van der Waals surface area contributed by atoms with Gasteiger partial charge >= 0.3 is 0 Å². The summed E-state index contributed by atoms with van der Waals surface area (Å²) in [5.74, 6) is -0.392. The summed E-state index contributed by atoms with van der Waals surface area (Å²) in [5, 5.41) is 0. The molecule has 1 aromatic rings. The highest BCUT2D eigenvalue weighted by molar-refractivity contribution is 7.86. The fourth-order valence-electron chi connectivity index (χ4n) is 1.99. The molecule has 6 heteroatoms. The Kier molecular flexibility index (Phi) is 5.03. The second-order valence-corrected chi connectivity index (χ2v) is 7.38. The quantitative estimate of drug-likeness (QED) is 0.781. The highest BCUT2D eigenvalue weighted by Gasteiger charge is 2.28. The van der Waals surface area contributed by atoms with E-state index in [1.807, 2.05) is 20.8 Å². The lowest BCUT2D eigenvalue weighted by molar-refractivity contribution is -0.263. The molecule has 1 saturated heterocycles. The summed E-state index contributed by atoms with van der Waals surface area (Å²) < 4.78 is 40.1. The Balaban J connectivity index is 1.82. The van der Waals surface area contributed by atoms with Crippen LogP contribution in [-0.4, -0.2) is 34.0 Å². The highest BCUT2D eigenvalue weighted by Crippen LogP contribution is 2.23. The van der Waals surface area contributed by atoms with Crippen LogP contribution in [-0.2, 0) is 23.8 Å². The summed E-state index contributed by atoms with van der Waals surface area (Å²) in [6.45, 7) is 6.88. The molecule has 118 valence electrons. The van der Waals surface area contributed by atoms with E-state index in [4.69, 9.17) is 13.7 Å². The molecule has 0 saturated carbocycles. The molecule has 0 aliphatic carbocycles. The summed E-state index contributed by atoms with van der Waals surface area (Å²) in [6, 6.07) is 6.61. The van der Waals surface area contributed by atoms with Crippen LogP contribution in [0.5, 0.6) is 0 Å². The molecule has 0 amide bonds. The van der Waals surface area contributed by atoms with Crippen molar-refractivity contribution in [1.82, 2.24) is 0 Å². The van der Waals surface area contributed by atoms with Gasteiger partial charge in [-0.1, -0.05) is 17.7 Å². The second-order valence-electron chi connectivity index (χ2n) is 5.77. The maximum absolute atomic E-state index is 12.0. The third-order valence-corrected chi connectivity index (χ3v) is 4.73. The fraction of sp³-hybridized carbons (Fsp3) is 0.600. The van der Waals surface area contributed by atoms with Crippen molar-refractivity contribution < 1.29 is 22.1 Å². The van der Waals surface area contributed by atoms with Crippen LogP contribution in [0.25, 0.3) is 0 Å². The molecule has 0 unspecified atom stereocenters. The average molecular weight is 314 g/mol. The molecule has 0 bridgehead atoms. The summed E-state index contributed by atoms with van der Waals surface area (Å²) >= 11 is 0. The summed E-state index contributed by atoms with van der Waals surface area (Å²) in [5.41, 5.74) is 1.01. The molecule has 0 N–H and O–H groups in total. The van der Waals surface area contributed by atoms with E-state index in [1.165, 1.54) is 0 Å². The Morgan fingerprint density at radius 3 is 2.33 bits per heavy atom. The topological polar surface area (TPSA) is 61.8 Å². The predicted molar refractivity (Wildman–Crippen MR) is 78.4 cm³/mol. The maximum Gasteiger partial charge on any atom is 0.296 e. The van der Waals surface area contributed by atoms with Gasteiger partial charge in [0.05, 0.1) is 24.7 Å². The van der Waals surface area contributed by atoms with E-state index < -0.39 is 15.9 Å². The van der Waals surface area contributed by atoms with Gasteiger partial charge in [0, 0.05) is 5.92 Å². The largest absolute Gasteiger partial charge is 0.350 e. The standard InChI is InChI=1S/C15H22O5S/c1-12-4-6-14(7-5-12)21(16,17)20-9-8-13-10-18-15(2,3)19-11-13/h4-7,13H,8-11H2,1-3H3. The first-order chi connectivity index (χ1) is 9.78. The molecule has 0 spiro atoms. The Labute approximate surface area is 126 Å². The Morgan fingerprint density at radius 2 is 1.76 bits per heavy atom. The smallest absolute Gasteiger partial charge is 0.296 e. The third kappa shape index (κ3) is 4.78. The molecule has 5 nitrogen and oxygen atoms in total. The van der Waals surface area contributed by atoms with Gasteiger partial charge in [-0.2, -0.15) is 8.42 Å². The maximum atomic E-state index is 12.0. The average Bonchev–Trinajstić information content (AvgIpc) is 2.41. The van der Waals surface area contributed by atoms with E-state index in [9.17, 15) is 8.42 Å². The molecular weight excluding hydrogens is 292 g/mol. The van der Waals surface area contributed by atoms with Crippen molar-refractivity contribution in [2.24, 2.45) is 5.92 Å². The van der Waals surface area contributed by atoms with Crippen LogP contribution < -0.4 is 0 Å². The third-order valence-electron chi connectivity index (χ3n) is 3.41. The van der Waals surface area contributed by atoms with Crippen LogP contribution in [0, 0.1) is 12.8 Å². The lowest BCUT2D eigenvalue weighted by Gasteiger charge is -2.34. The van der Waals surface area contributed by atoms with Gasteiger partial charge in [0.1, 0.15) is 0 Å². The number of ether oxygens (including phenoxy) is 2. The minimum absolute atomic E-state index is 0.133. The van der Waals surface area contributed by atoms with Crippen molar-refractivity contribution in [3.8, 4) is 0 Å². The van der Waals surface area contributed by atoms with Crippen molar-refractivity contribution in [2.75, 3.05) is 19.8 Å². The van der Waals surface area contributed by atoms with Gasteiger partial charge in [-0.3, -0.25) is 4.18 Å². The number of hydrogen-bond donors (Lipinski definition) is 0. The van der Waals surface area contributed by atoms with Crippen molar-refractivity contribution in [1.29, 1.82) is 0 Å². The lowest BCUT2D eigenvalue weighted by Crippen LogP contribution is -2.39. The van der Waals surface area contributed by atoms with Gasteiger partial charge in [-0.25, -0.2) is 0 Å². The van der Waals surface area contributed by atoms with Crippen molar-refractivity contribution in [3.63, 3.8) is 0 Å². The van der Waals surface area contributed by atoms with E-state index in [-0.39, 0.29) is 17.4 Å². The van der Waals surface area contributed by atoms with Gasteiger partial charge in [0.25, 0.3) is 10.1 Å². The summed E-state index contributed by atoms with van der Waals surface area (Å²) in [4.78, 5) is 0.186. The molecule has 1 fully saturated rings. The first-order valence-corrected chi connectivity index (χ1v) is 8.43. The summed E-state index contributed by atoms with van der Waals surface area (Å²) in [6.07, 6.45) is 0.584. The normalized spacial score (nSPS) is 19.6. The molecule has 21 heavy (non-hydrogen) atoms. The molecule has 2 rings (SSSR count). The predicted octanol–water partition coefficient (Wildman–Crippen LogP) is 2.49. The number of hydrogen-bond acceptors (Lipinski definition) is 5. The zero-order valence-corrected chi connectivity index (χ0v) is 13.5. The minimum atomic E-state index is -3.68. The van der Waals surface area contributed by atoms with Crippen LogP contribution >= 0.6 is 0 Å². The highest BCUT2D eigenvalue weighted by atomic mass is 32.2. The van der Waals surface area contributed by atoms with Crippen molar-refractivity contribution >= 4 is 10.1 Å². The number of rotatable bonds is 5. The van der Waals surface area contributed by atoms with Gasteiger partial charge in [0.2, 0.25) is 0 Å². The van der Waals surface area contributed by atoms with Gasteiger partial charge in [0.15, 0.2) is 5.79 Å². The number of benzene rings is 1.